The molecule has 2 unspecified atom stereocenters. The first kappa shape index (κ1) is 15.3. The summed E-state index contributed by atoms with van der Waals surface area (Å²) < 4.78 is 0. The Morgan fingerprint density at radius 1 is 1.00 bits per heavy atom. The van der Waals surface area contributed by atoms with E-state index in [0.29, 0.717) is 10.8 Å². The zero-order valence-corrected chi connectivity index (χ0v) is 12.4. The minimum atomic E-state index is 0.388. The summed E-state index contributed by atoms with van der Waals surface area (Å²) >= 11 is 5.86. The third kappa shape index (κ3) is 6.45. The van der Waals surface area contributed by atoms with E-state index >= 15 is 0 Å². The molecule has 92 valence electrons. The zero-order chi connectivity index (χ0) is 12.3. The van der Waals surface area contributed by atoms with E-state index in [1.165, 1.54) is 6.42 Å². The minimum Gasteiger partial charge on any atom is -0.127 e. The van der Waals surface area contributed by atoms with Gasteiger partial charge in [-0.15, -0.1) is 11.6 Å². The maximum atomic E-state index is 5.86. The van der Waals surface area contributed by atoms with Crippen LogP contribution < -0.4 is 0 Å². The van der Waals surface area contributed by atoms with Crippen LogP contribution in [-0.4, -0.2) is 5.88 Å². The number of halogens is 1. The topological polar surface area (TPSA) is 0 Å². The van der Waals surface area contributed by atoms with Crippen LogP contribution in [0.3, 0.4) is 0 Å². The molecule has 0 heterocycles. The molecule has 0 bridgehead atoms. The lowest BCUT2D eigenvalue weighted by molar-refractivity contribution is 0.109. The van der Waals surface area contributed by atoms with Crippen LogP contribution in [0.1, 0.15) is 61.3 Å². The maximum Gasteiger partial charge on any atom is 0.0226 e. The van der Waals surface area contributed by atoms with Gasteiger partial charge in [0.1, 0.15) is 0 Å². The van der Waals surface area contributed by atoms with E-state index in [2.05, 4.69) is 48.5 Å². The summed E-state index contributed by atoms with van der Waals surface area (Å²) in [5.41, 5.74) is 0.803. The van der Waals surface area contributed by atoms with Crippen molar-refractivity contribution in [3.05, 3.63) is 0 Å². The molecule has 0 radical (unpaired) electrons. The lowest BCUT2D eigenvalue weighted by atomic mass is 9.66. The van der Waals surface area contributed by atoms with Gasteiger partial charge < -0.3 is 0 Å². The second kappa shape index (κ2) is 5.57. The van der Waals surface area contributed by atoms with Crippen molar-refractivity contribution in [2.75, 3.05) is 5.88 Å². The van der Waals surface area contributed by atoms with Gasteiger partial charge in [0.2, 0.25) is 0 Å². The first-order valence-electron chi connectivity index (χ1n) is 6.14. The predicted molar refractivity (Wildman–Crippen MR) is 71.5 cm³/mol. The molecule has 1 heteroatoms. The van der Waals surface area contributed by atoms with Crippen LogP contribution in [-0.2, 0) is 0 Å². The van der Waals surface area contributed by atoms with Gasteiger partial charge in [-0.3, -0.25) is 0 Å². The zero-order valence-electron chi connectivity index (χ0n) is 11.7. The molecular weight excluding hydrogens is 204 g/mol. The van der Waals surface area contributed by atoms with Crippen LogP contribution in [0.25, 0.3) is 0 Å². The molecule has 0 aliphatic rings. The molecule has 0 fully saturated rings. The third-order valence-corrected chi connectivity index (χ3v) is 3.41. The predicted octanol–water partition coefficient (Wildman–Crippen LogP) is 5.35. The highest BCUT2D eigenvalue weighted by atomic mass is 35.5. The number of hydrogen-bond donors (Lipinski definition) is 0. The van der Waals surface area contributed by atoms with Gasteiger partial charge in [-0.2, -0.15) is 0 Å². The van der Waals surface area contributed by atoms with Crippen molar-refractivity contribution in [2.24, 2.45) is 22.7 Å². The Hall–Kier alpha value is 0.290. The quantitative estimate of drug-likeness (QED) is 0.574. The molecule has 0 aromatic carbocycles. The third-order valence-electron chi connectivity index (χ3n) is 3.20. The van der Waals surface area contributed by atoms with Gasteiger partial charge in [-0.05, 0) is 35.5 Å². The lowest BCUT2D eigenvalue weighted by Crippen LogP contribution is -2.31. The fourth-order valence-electron chi connectivity index (χ4n) is 2.39. The maximum absolute atomic E-state index is 5.86. The minimum absolute atomic E-state index is 0.388. The number of hydrogen-bond acceptors (Lipinski definition) is 0. The Morgan fingerprint density at radius 2 is 1.47 bits per heavy atom. The average Bonchev–Trinajstić information content (AvgIpc) is 1.97. The second-order valence-electron chi connectivity index (χ2n) is 7.19. The van der Waals surface area contributed by atoms with Gasteiger partial charge in [0, 0.05) is 5.88 Å². The summed E-state index contributed by atoms with van der Waals surface area (Å²) in [7, 11) is 0. The van der Waals surface area contributed by atoms with E-state index in [1.54, 1.807) is 0 Å². The molecule has 0 nitrogen and oxygen atoms in total. The summed E-state index contributed by atoms with van der Waals surface area (Å²) in [6.07, 6.45) is 2.42. The van der Waals surface area contributed by atoms with Crippen LogP contribution >= 0.6 is 11.6 Å². The van der Waals surface area contributed by atoms with E-state index in [-0.39, 0.29) is 0 Å². The van der Waals surface area contributed by atoms with Crippen molar-refractivity contribution in [1.29, 1.82) is 0 Å². The Bertz CT molecular complexity index is 171. The van der Waals surface area contributed by atoms with Crippen molar-refractivity contribution in [3.63, 3.8) is 0 Å². The fourth-order valence-corrected chi connectivity index (χ4v) is 2.74. The van der Waals surface area contributed by atoms with E-state index < -0.39 is 0 Å². The smallest absolute Gasteiger partial charge is 0.0226 e. The van der Waals surface area contributed by atoms with E-state index in [1.807, 2.05) is 0 Å². The molecule has 0 saturated carbocycles. The van der Waals surface area contributed by atoms with Crippen LogP contribution in [0, 0.1) is 22.7 Å². The molecular formula is C14H29Cl. The molecule has 0 N–H and O–H groups in total. The largest absolute Gasteiger partial charge is 0.127 e. The molecule has 15 heavy (non-hydrogen) atoms. The monoisotopic (exact) mass is 232 g/mol. The normalized spacial score (nSPS) is 17.6. The Balaban J connectivity index is 4.60. The highest BCUT2D eigenvalue weighted by Gasteiger charge is 2.32. The molecule has 0 aliphatic carbocycles. The molecule has 0 spiro atoms. The van der Waals surface area contributed by atoms with E-state index in [0.717, 1.165) is 24.1 Å². The summed E-state index contributed by atoms with van der Waals surface area (Å²) in [6.45, 7) is 16.4. The van der Waals surface area contributed by atoms with Crippen molar-refractivity contribution >= 4 is 11.6 Å². The molecule has 0 aromatic heterocycles. The van der Waals surface area contributed by atoms with Crippen LogP contribution in [0.15, 0.2) is 0 Å². The van der Waals surface area contributed by atoms with Crippen molar-refractivity contribution in [3.8, 4) is 0 Å². The fraction of sp³-hybridized carbons (Fsp3) is 1.00. The molecule has 0 aromatic rings. The average molecular weight is 233 g/mol. The van der Waals surface area contributed by atoms with Crippen LogP contribution in [0.4, 0.5) is 0 Å². The summed E-state index contributed by atoms with van der Waals surface area (Å²) in [4.78, 5) is 0. The standard InChI is InChI=1S/C14H29Cl/c1-11(8-9-15)12(14(5,6)7)10-13(2,3)4/h11-12H,8-10H2,1-7H3. The Morgan fingerprint density at radius 3 is 1.73 bits per heavy atom. The van der Waals surface area contributed by atoms with Crippen LogP contribution in [0.5, 0.6) is 0 Å². The highest BCUT2D eigenvalue weighted by Crippen LogP contribution is 2.41. The van der Waals surface area contributed by atoms with Gasteiger partial charge in [-0.1, -0.05) is 48.5 Å². The second-order valence-corrected chi connectivity index (χ2v) is 7.57. The van der Waals surface area contributed by atoms with E-state index in [9.17, 15) is 0 Å². The number of rotatable bonds is 4. The van der Waals surface area contributed by atoms with Gasteiger partial charge in [0.25, 0.3) is 0 Å². The Kier molecular flexibility index (Phi) is 5.68. The summed E-state index contributed by atoms with van der Waals surface area (Å²) in [6, 6.07) is 0. The van der Waals surface area contributed by atoms with E-state index in [4.69, 9.17) is 11.6 Å². The van der Waals surface area contributed by atoms with Crippen molar-refractivity contribution in [1.82, 2.24) is 0 Å². The summed E-state index contributed by atoms with van der Waals surface area (Å²) in [5.74, 6) is 2.27. The first-order chi connectivity index (χ1) is 6.58. The van der Waals surface area contributed by atoms with Crippen LogP contribution in [0.2, 0.25) is 0 Å². The molecule has 0 rings (SSSR count). The van der Waals surface area contributed by atoms with Gasteiger partial charge >= 0.3 is 0 Å². The number of alkyl halides is 1. The summed E-state index contributed by atoms with van der Waals surface area (Å²) in [5, 5.41) is 0. The van der Waals surface area contributed by atoms with Gasteiger partial charge in [0.15, 0.2) is 0 Å². The van der Waals surface area contributed by atoms with Crippen molar-refractivity contribution in [2.45, 2.75) is 61.3 Å². The van der Waals surface area contributed by atoms with Gasteiger partial charge in [-0.25, -0.2) is 0 Å². The molecule has 0 saturated heterocycles. The first-order valence-corrected chi connectivity index (χ1v) is 6.67. The lowest BCUT2D eigenvalue weighted by Gasteiger charge is -2.39. The SMILES string of the molecule is CC(CCCl)C(CC(C)(C)C)C(C)(C)C. The molecule has 0 aliphatic heterocycles. The van der Waals surface area contributed by atoms with Crippen molar-refractivity contribution < 1.29 is 0 Å². The molecule has 0 amide bonds. The highest BCUT2D eigenvalue weighted by molar-refractivity contribution is 6.17. The Labute approximate surface area is 102 Å². The van der Waals surface area contributed by atoms with Gasteiger partial charge in [0.05, 0.1) is 0 Å². The molecule has 2 atom stereocenters.